The Morgan fingerprint density at radius 2 is 2.53 bits per heavy atom. The van der Waals surface area contributed by atoms with Gasteiger partial charge in [-0.05, 0) is 6.92 Å². The topological polar surface area (TPSA) is 80.7 Å². The molecule has 0 radical (unpaired) electrons. The van der Waals surface area contributed by atoms with E-state index in [9.17, 15) is 9.90 Å². The first-order valence-corrected chi connectivity index (χ1v) is 6.18. The van der Waals surface area contributed by atoms with Crippen LogP contribution < -0.4 is 5.32 Å². The minimum Gasteiger partial charge on any atom is -0.387 e. The van der Waals surface area contributed by atoms with Gasteiger partial charge in [-0.1, -0.05) is 0 Å². The van der Waals surface area contributed by atoms with Crippen LogP contribution >= 0.6 is 11.3 Å². The molecular weight excluding hydrogens is 244 g/mol. The summed E-state index contributed by atoms with van der Waals surface area (Å²) in [5.74, 6) is -0.267. The fourth-order valence-corrected chi connectivity index (χ4v) is 2.16. The van der Waals surface area contributed by atoms with E-state index in [1.54, 1.807) is 12.3 Å². The SMILES string of the molecule is CC(O)c1csc(NC(=O)C2COCCO2)n1. The maximum atomic E-state index is 11.7. The number of aliphatic hydroxyl groups excluding tert-OH is 1. The van der Waals surface area contributed by atoms with E-state index in [4.69, 9.17) is 9.47 Å². The maximum absolute atomic E-state index is 11.7. The highest BCUT2D eigenvalue weighted by molar-refractivity contribution is 7.13. The van der Waals surface area contributed by atoms with Gasteiger partial charge in [0.05, 0.1) is 31.6 Å². The summed E-state index contributed by atoms with van der Waals surface area (Å²) < 4.78 is 10.4. The Morgan fingerprint density at radius 1 is 1.71 bits per heavy atom. The zero-order valence-corrected chi connectivity index (χ0v) is 10.2. The third-order valence-corrected chi connectivity index (χ3v) is 3.06. The number of anilines is 1. The third kappa shape index (κ3) is 3.22. The number of nitrogens with zero attached hydrogens (tertiary/aromatic N) is 1. The summed E-state index contributed by atoms with van der Waals surface area (Å²) >= 11 is 1.27. The minimum absolute atomic E-state index is 0.264. The fourth-order valence-electron chi connectivity index (χ4n) is 1.36. The van der Waals surface area contributed by atoms with E-state index in [1.807, 2.05) is 0 Å². The van der Waals surface area contributed by atoms with Crippen LogP contribution in [0.2, 0.25) is 0 Å². The summed E-state index contributed by atoms with van der Waals surface area (Å²) in [6.07, 6.45) is -1.21. The van der Waals surface area contributed by atoms with Crippen LogP contribution in [0.25, 0.3) is 0 Å². The van der Waals surface area contributed by atoms with Crippen molar-refractivity contribution < 1.29 is 19.4 Å². The molecule has 94 valence electrons. The number of hydrogen-bond acceptors (Lipinski definition) is 6. The molecule has 2 unspecified atom stereocenters. The van der Waals surface area contributed by atoms with Gasteiger partial charge in [-0.15, -0.1) is 11.3 Å². The Labute approximate surface area is 103 Å². The predicted octanol–water partition coefficient (Wildman–Crippen LogP) is 0.550. The molecule has 2 N–H and O–H groups in total. The monoisotopic (exact) mass is 258 g/mol. The average Bonchev–Trinajstić information content (AvgIpc) is 2.79. The molecule has 1 aliphatic rings. The summed E-state index contributed by atoms with van der Waals surface area (Å²) in [7, 11) is 0. The van der Waals surface area contributed by atoms with E-state index in [0.29, 0.717) is 24.0 Å². The lowest BCUT2D eigenvalue weighted by molar-refractivity contribution is -0.142. The van der Waals surface area contributed by atoms with Crippen LogP contribution in [0.4, 0.5) is 5.13 Å². The Kier molecular flexibility index (Phi) is 4.06. The van der Waals surface area contributed by atoms with Crippen LogP contribution in [0, 0.1) is 0 Å². The molecular formula is C10H14N2O4S. The molecule has 1 fully saturated rings. The molecule has 7 heteroatoms. The molecule has 1 aromatic rings. The lowest BCUT2D eigenvalue weighted by Crippen LogP contribution is -2.39. The molecule has 2 atom stereocenters. The van der Waals surface area contributed by atoms with Crippen molar-refractivity contribution in [3.05, 3.63) is 11.1 Å². The number of thiazole rings is 1. The second kappa shape index (κ2) is 5.54. The van der Waals surface area contributed by atoms with Crippen molar-refractivity contribution in [2.75, 3.05) is 25.1 Å². The number of aromatic nitrogens is 1. The summed E-state index contributed by atoms with van der Waals surface area (Å²) in [6.45, 7) is 2.83. The molecule has 2 rings (SSSR count). The van der Waals surface area contributed by atoms with Gasteiger partial charge < -0.3 is 14.6 Å². The first kappa shape index (κ1) is 12.4. The van der Waals surface area contributed by atoms with Crippen LogP contribution in [0.5, 0.6) is 0 Å². The number of nitrogens with one attached hydrogen (secondary N) is 1. The van der Waals surface area contributed by atoms with E-state index in [-0.39, 0.29) is 12.5 Å². The summed E-state index contributed by atoms with van der Waals surface area (Å²) in [4.78, 5) is 15.8. The Morgan fingerprint density at radius 3 is 3.12 bits per heavy atom. The smallest absolute Gasteiger partial charge is 0.257 e. The average molecular weight is 258 g/mol. The van der Waals surface area contributed by atoms with E-state index in [2.05, 4.69) is 10.3 Å². The highest BCUT2D eigenvalue weighted by atomic mass is 32.1. The van der Waals surface area contributed by atoms with Gasteiger partial charge in [0, 0.05) is 5.38 Å². The lowest BCUT2D eigenvalue weighted by Gasteiger charge is -2.21. The number of carbonyl (C=O) groups is 1. The number of rotatable bonds is 3. The van der Waals surface area contributed by atoms with Gasteiger partial charge in [0.1, 0.15) is 0 Å². The molecule has 1 amide bonds. The molecule has 0 aromatic carbocycles. The molecule has 1 aromatic heterocycles. The molecule has 0 spiro atoms. The molecule has 0 bridgehead atoms. The van der Waals surface area contributed by atoms with Crippen LogP contribution in [-0.4, -0.2) is 41.9 Å². The maximum Gasteiger partial charge on any atom is 0.257 e. The first-order valence-electron chi connectivity index (χ1n) is 5.30. The second-order valence-electron chi connectivity index (χ2n) is 3.68. The van der Waals surface area contributed by atoms with Gasteiger partial charge in [0.2, 0.25) is 0 Å². The standard InChI is InChI=1S/C10H14N2O4S/c1-6(13)7-5-17-10(11-7)12-9(14)8-4-15-2-3-16-8/h5-6,8,13H,2-4H2,1H3,(H,11,12,14). The Bertz CT molecular complexity index is 387. The van der Waals surface area contributed by atoms with Crippen LogP contribution in [0.15, 0.2) is 5.38 Å². The molecule has 0 aliphatic carbocycles. The number of carbonyl (C=O) groups excluding carboxylic acids is 1. The fraction of sp³-hybridized carbons (Fsp3) is 0.600. The van der Waals surface area contributed by atoms with Crippen molar-refractivity contribution in [1.29, 1.82) is 0 Å². The van der Waals surface area contributed by atoms with Crippen molar-refractivity contribution in [3.8, 4) is 0 Å². The van der Waals surface area contributed by atoms with E-state index < -0.39 is 12.2 Å². The van der Waals surface area contributed by atoms with Gasteiger partial charge in [-0.2, -0.15) is 0 Å². The Hall–Kier alpha value is -1.02. The zero-order chi connectivity index (χ0) is 12.3. The summed E-state index contributed by atoms with van der Waals surface area (Å²) in [5.41, 5.74) is 0.547. The van der Waals surface area contributed by atoms with E-state index >= 15 is 0 Å². The highest BCUT2D eigenvalue weighted by Gasteiger charge is 2.23. The van der Waals surface area contributed by atoms with Crippen LogP contribution in [-0.2, 0) is 14.3 Å². The quantitative estimate of drug-likeness (QED) is 0.827. The van der Waals surface area contributed by atoms with Crippen LogP contribution in [0.1, 0.15) is 18.7 Å². The number of hydrogen-bond donors (Lipinski definition) is 2. The van der Waals surface area contributed by atoms with Gasteiger partial charge in [0.15, 0.2) is 11.2 Å². The zero-order valence-electron chi connectivity index (χ0n) is 9.38. The van der Waals surface area contributed by atoms with Gasteiger partial charge >= 0.3 is 0 Å². The van der Waals surface area contributed by atoms with E-state index in [0.717, 1.165) is 0 Å². The predicted molar refractivity (Wildman–Crippen MR) is 61.9 cm³/mol. The normalized spacial score (nSPS) is 22.1. The second-order valence-corrected chi connectivity index (χ2v) is 4.54. The summed E-state index contributed by atoms with van der Waals surface area (Å²) in [6, 6.07) is 0. The molecule has 2 heterocycles. The number of aliphatic hydroxyl groups is 1. The van der Waals surface area contributed by atoms with Crippen molar-refractivity contribution in [3.63, 3.8) is 0 Å². The van der Waals surface area contributed by atoms with Crippen LogP contribution in [0.3, 0.4) is 0 Å². The van der Waals surface area contributed by atoms with Gasteiger partial charge in [-0.25, -0.2) is 4.98 Å². The van der Waals surface area contributed by atoms with Crippen molar-refractivity contribution in [2.45, 2.75) is 19.1 Å². The lowest BCUT2D eigenvalue weighted by atomic mass is 10.3. The van der Waals surface area contributed by atoms with Crippen molar-refractivity contribution in [2.24, 2.45) is 0 Å². The van der Waals surface area contributed by atoms with Gasteiger partial charge in [-0.3, -0.25) is 10.1 Å². The van der Waals surface area contributed by atoms with E-state index in [1.165, 1.54) is 11.3 Å². The number of amides is 1. The molecule has 6 nitrogen and oxygen atoms in total. The summed E-state index contributed by atoms with van der Waals surface area (Å²) in [5, 5.41) is 14.1. The minimum atomic E-state index is -0.633. The number of ether oxygens (including phenoxy) is 2. The molecule has 1 saturated heterocycles. The third-order valence-electron chi connectivity index (χ3n) is 2.29. The van der Waals surface area contributed by atoms with Crippen molar-refractivity contribution in [1.82, 2.24) is 4.98 Å². The highest BCUT2D eigenvalue weighted by Crippen LogP contribution is 2.20. The van der Waals surface area contributed by atoms with Crippen molar-refractivity contribution >= 4 is 22.4 Å². The molecule has 17 heavy (non-hydrogen) atoms. The largest absolute Gasteiger partial charge is 0.387 e. The molecule has 1 aliphatic heterocycles. The van der Waals surface area contributed by atoms with Gasteiger partial charge in [0.25, 0.3) is 5.91 Å². The first-order chi connectivity index (χ1) is 8.16. The Balaban J connectivity index is 1.92. The molecule has 0 saturated carbocycles.